The number of hydrogen-bond donors (Lipinski definition) is 1. The molecule has 2 aromatic heterocycles. The Morgan fingerprint density at radius 3 is 3.00 bits per heavy atom. The normalized spacial score (nSPS) is 10.5. The number of Topliss-reactive ketones (excluding diaryl/α,β-unsaturated/α-hetero) is 1. The summed E-state index contributed by atoms with van der Waals surface area (Å²) in [5.74, 6) is -1.40. The van der Waals surface area contributed by atoms with Crippen molar-refractivity contribution in [2.75, 3.05) is 0 Å². The van der Waals surface area contributed by atoms with Crippen LogP contribution in [0.2, 0.25) is 0 Å². The van der Waals surface area contributed by atoms with Crippen LogP contribution in [0.25, 0.3) is 10.9 Å². The fourth-order valence-electron chi connectivity index (χ4n) is 1.33. The van der Waals surface area contributed by atoms with E-state index in [1.807, 2.05) is 0 Å². The van der Waals surface area contributed by atoms with Crippen molar-refractivity contribution in [2.24, 2.45) is 0 Å². The zero-order valence-corrected chi connectivity index (χ0v) is 8.84. The maximum Gasteiger partial charge on any atom is 0.227 e. The highest BCUT2D eigenvalue weighted by molar-refractivity contribution is 9.10. The second-order valence-electron chi connectivity index (χ2n) is 2.83. The van der Waals surface area contributed by atoms with Gasteiger partial charge >= 0.3 is 0 Å². The van der Waals surface area contributed by atoms with Crippen LogP contribution < -0.4 is 0 Å². The van der Waals surface area contributed by atoms with E-state index in [0.717, 1.165) is 6.20 Å². The van der Waals surface area contributed by atoms with Crippen LogP contribution in [0.15, 0.2) is 17.0 Å². The zero-order valence-electron chi connectivity index (χ0n) is 7.25. The smallest absolute Gasteiger partial charge is 0.227 e. The summed E-state index contributed by atoms with van der Waals surface area (Å²) < 4.78 is 13.8. The Bertz CT molecular complexity index is 564. The summed E-state index contributed by atoms with van der Waals surface area (Å²) in [5.41, 5.74) is 0.376. The van der Waals surface area contributed by atoms with E-state index in [4.69, 9.17) is 0 Å². The summed E-state index contributed by atoms with van der Waals surface area (Å²) >= 11 is 3.11. The quantitative estimate of drug-likeness (QED) is 0.392. The van der Waals surface area contributed by atoms with Crippen molar-refractivity contribution in [3.63, 3.8) is 0 Å². The number of nitrogens with one attached hydrogen (secondary N) is 1. The van der Waals surface area contributed by atoms with Crippen LogP contribution in [0, 0.1) is 5.82 Å². The summed E-state index contributed by atoms with van der Waals surface area (Å²) in [7, 11) is 0. The van der Waals surface area contributed by atoms with Crippen molar-refractivity contribution in [1.82, 2.24) is 9.97 Å². The molecule has 6 heteroatoms. The summed E-state index contributed by atoms with van der Waals surface area (Å²) in [4.78, 5) is 27.9. The molecule has 0 atom stereocenters. The fraction of sp³-hybridized carbons (Fsp3) is 0. The molecule has 0 spiro atoms. The molecule has 15 heavy (non-hydrogen) atoms. The van der Waals surface area contributed by atoms with Gasteiger partial charge in [0, 0.05) is 6.20 Å². The number of aromatic nitrogens is 2. The van der Waals surface area contributed by atoms with E-state index in [1.54, 1.807) is 0 Å². The minimum absolute atomic E-state index is 0.0144. The molecule has 0 saturated heterocycles. The van der Waals surface area contributed by atoms with Crippen molar-refractivity contribution in [3.05, 3.63) is 28.4 Å². The number of carbonyl (C=O) groups is 2. The molecule has 0 unspecified atom stereocenters. The molecule has 76 valence electrons. The van der Waals surface area contributed by atoms with Gasteiger partial charge in [0.15, 0.2) is 12.1 Å². The molecule has 0 radical (unpaired) electrons. The number of pyridine rings is 1. The Labute approximate surface area is 91.6 Å². The SMILES string of the molecule is O=CC(=O)c1c[nH]c2c(Br)ncc(F)c12. The highest BCUT2D eigenvalue weighted by Gasteiger charge is 2.16. The first-order valence-electron chi connectivity index (χ1n) is 3.95. The molecular weight excluding hydrogens is 267 g/mol. The second kappa shape index (κ2) is 3.54. The summed E-state index contributed by atoms with van der Waals surface area (Å²) in [6, 6.07) is 0. The molecule has 2 aromatic rings. The number of aldehydes is 1. The number of hydrogen-bond acceptors (Lipinski definition) is 3. The van der Waals surface area contributed by atoms with Crippen molar-refractivity contribution in [3.8, 4) is 0 Å². The van der Waals surface area contributed by atoms with E-state index in [1.165, 1.54) is 6.20 Å². The molecule has 0 fully saturated rings. The average Bonchev–Trinajstić information content (AvgIpc) is 2.68. The molecule has 4 nitrogen and oxygen atoms in total. The zero-order chi connectivity index (χ0) is 11.0. The van der Waals surface area contributed by atoms with E-state index in [9.17, 15) is 14.0 Å². The van der Waals surface area contributed by atoms with Gasteiger partial charge in [0.25, 0.3) is 0 Å². The molecule has 0 aliphatic carbocycles. The third-order valence-electron chi connectivity index (χ3n) is 1.99. The fourth-order valence-corrected chi connectivity index (χ4v) is 1.75. The maximum absolute atomic E-state index is 13.4. The third kappa shape index (κ3) is 1.46. The number of nitrogens with zero attached hydrogens (tertiary/aromatic N) is 1. The van der Waals surface area contributed by atoms with Crippen LogP contribution in [0.3, 0.4) is 0 Å². The number of halogens is 2. The molecule has 2 rings (SSSR count). The molecular formula is C9H4BrFN2O2. The number of H-pyrrole nitrogens is 1. The molecule has 1 N–H and O–H groups in total. The lowest BCUT2D eigenvalue weighted by atomic mass is 10.1. The second-order valence-corrected chi connectivity index (χ2v) is 3.58. The minimum Gasteiger partial charge on any atom is -0.358 e. The first-order chi connectivity index (χ1) is 7.15. The van der Waals surface area contributed by atoms with Crippen molar-refractivity contribution >= 4 is 38.9 Å². The standard InChI is InChI=1S/C9H4BrFN2O2/c10-9-8-7(5(11)2-13-9)4(1-12-8)6(15)3-14/h1-3,12H. The van der Waals surface area contributed by atoms with Crippen molar-refractivity contribution < 1.29 is 14.0 Å². The van der Waals surface area contributed by atoms with Crippen molar-refractivity contribution in [1.29, 1.82) is 0 Å². The van der Waals surface area contributed by atoms with Gasteiger partial charge in [-0.05, 0) is 15.9 Å². The molecule has 0 amide bonds. The van der Waals surface area contributed by atoms with Gasteiger partial charge in [-0.15, -0.1) is 0 Å². The number of rotatable bonds is 2. The lowest BCUT2D eigenvalue weighted by Crippen LogP contribution is -1.99. The number of fused-ring (bicyclic) bond motifs is 1. The Kier molecular flexibility index (Phi) is 2.36. The first-order valence-corrected chi connectivity index (χ1v) is 4.75. The molecule has 2 heterocycles. The van der Waals surface area contributed by atoms with E-state index in [0.29, 0.717) is 10.1 Å². The van der Waals surface area contributed by atoms with E-state index in [2.05, 4.69) is 25.9 Å². The molecule has 0 aromatic carbocycles. The number of aromatic amines is 1. The topological polar surface area (TPSA) is 62.8 Å². The maximum atomic E-state index is 13.4. The first kappa shape index (κ1) is 9.97. The van der Waals surface area contributed by atoms with Crippen LogP contribution >= 0.6 is 15.9 Å². The minimum atomic E-state index is -0.766. The van der Waals surface area contributed by atoms with Gasteiger partial charge in [-0.25, -0.2) is 9.37 Å². The highest BCUT2D eigenvalue weighted by atomic mass is 79.9. The van der Waals surface area contributed by atoms with Gasteiger partial charge in [0.2, 0.25) is 5.78 Å². The van der Waals surface area contributed by atoms with Crippen LogP contribution in [-0.2, 0) is 4.79 Å². The van der Waals surface area contributed by atoms with Gasteiger partial charge in [0.05, 0.1) is 22.7 Å². The predicted octanol–water partition coefficient (Wildman–Crippen LogP) is 1.85. The van der Waals surface area contributed by atoms with E-state index in [-0.39, 0.29) is 17.2 Å². The molecule has 0 aliphatic rings. The average molecular weight is 271 g/mol. The monoisotopic (exact) mass is 270 g/mol. The lowest BCUT2D eigenvalue weighted by Gasteiger charge is -1.96. The molecule has 0 bridgehead atoms. The Balaban J connectivity index is 2.84. The van der Waals surface area contributed by atoms with E-state index < -0.39 is 11.6 Å². The van der Waals surface area contributed by atoms with Gasteiger partial charge in [-0.2, -0.15) is 0 Å². The van der Waals surface area contributed by atoms with Crippen LogP contribution in [-0.4, -0.2) is 22.0 Å². The van der Waals surface area contributed by atoms with Gasteiger partial charge < -0.3 is 4.98 Å². The third-order valence-corrected chi connectivity index (χ3v) is 2.59. The summed E-state index contributed by atoms with van der Waals surface area (Å²) in [6.45, 7) is 0. The summed E-state index contributed by atoms with van der Waals surface area (Å²) in [6.07, 6.45) is 2.43. The van der Waals surface area contributed by atoms with Crippen molar-refractivity contribution in [2.45, 2.75) is 0 Å². The Hall–Kier alpha value is -1.56. The number of ketones is 1. The molecule has 0 aliphatic heterocycles. The predicted molar refractivity (Wildman–Crippen MR) is 54.1 cm³/mol. The number of carbonyl (C=O) groups excluding carboxylic acids is 2. The molecule has 0 saturated carbocycles. The van der Waals surface area contributed by atoms with Crippen LogP contribution in [0.4, 0.5) is 4.39 Å². The Morgan fingerprint density at radius 1 is 1.60 bits per heavy atom. The lowest BCUT2D eigenvalue weighted by molar-refractivity contribution is -0.104. The van der Waals surface area contributed by atoms with Gasteiger partial charge in [0.1, 0.15) is 4.60 Å². The Morgan fingerprint density at radius 2 is 2.33 bits per heavy atom. The van der Waals surface area contributed by atoms with Gasteiger partial charge in [-0.1, -0.05) is 0 Å². The highest BCUT2D eigenvalue weighted by Crippen LogP contribution is 2.26. The largest absolute Gasteiger partial charge is 0.358 e. The summed E-state index contributed by atoms with van der Waals surface area (Å²) in [5, 5.41) is 0.0778. The van der Waals surface area contributed by atoms with Crippen LogP contribution in [0.1, 0.15) is 10.4 Å². The van der Waals surface area contributed by atoms with E-state index >= 15 is 0 Å². The van der Waals surface area contributed by atoms with Crippen LogP contribution in [0.5, 0.6) is 0 Å². The van der Waals surface area contributed by atoms with Gasteiger partial charge in [-0.3, -0.25) is 9.59 Å².